The van der Waals surface area contributed by atoms with Gasteiger partial charge in [-0.3, -0.25) is 0 Å². The van der Waals surface area contributed by atoms with Crippen LogP contribution in [0.15, 0.2) is 12.2 Å². The van der Waals surface area contributed by atoms with Gasteiger partial charge in [0, 0.05) is 0 Å². The molecule has 1 aliphatic heterocycles. The van der Waals surface area contributed by atoms with E-state index in [1.165, 1.54) is 0 Å². The first-order valence-corrected chi connectivity index (χ1v) is 3.75. The van der Waals surface area contributed by atoms with Gasteiger partial charge in [0.25, 0.3) is 0 Å². The van der Waals surface area contributed by atoms with Crippen molar-refractivity contribution in [2.45, 2.75) is 0 Å². The van der Waals surface area contributed by atoms with Crippen LogP contribution >= 0.6 is 8.10 Å². The van der Waals surface area contributed by atoms with E-state index in [1.807, 2.05) is 12.2 Å². The minimum atomic E-state index is -1.33. The highest BCUT2D eigenvalue weighted by molar-refractivity contribution is 7.40. The van der Waals surface area contributed by atoms with Gasteiger partial charge < -0.3 is 0 Å². The Morgan fingerprint density at radius 3 is 2.25 bits per heavy atom. The summed E-state index contributed by atoms with van der Waals surface area (Å²) in [6.45, 7) is 1.42. The van der Waals surface area contributed by atoms with Gasteiger partial charge in [-0.1, -0.05) is 22.3 Å². The van der Waals surface area contributed by atoms with Gasteiger partial charge in [0.2, 0.25) is 0 Å². The molecule has 3 nitrogen and oxygen atoms in total. The van der Waals surface area contributed by atoms with Gasteiger partial charge in [0.05, 0.1) is 13.1 Å². The van der Waals surface area contributed by atoms with Crippen LogP contribution in [0.1, 0.15) is 0 Å². The lowest BCUT2D eigenvalue weighted by Gasteiger charge is -1.78. The van der Waals surface area contributed by atoms with Crippen LogP contribution in [0.2, 0.25) is 0 Å². The van der Waals surface area contributed by atoms with Crippen LogP contribution in [0.4, 0.5) is 0 Å². The molecule has 1 heterocycles. The third-order valence-corrected chi connectivity index (χ3v) is 1.81. The van der Waals surface area contributed by atoms with Crippen molar-refractivity contribution in [3.8, 4) is 0 Å². The van der Waals surface area contributed by atoms with E-state index < -0.39 is 8.10 Å². The number of hydrogen-bond donors (Lipinski definition) is 2. The molecule has 0 spiro atoms. The minimum absolute atomic E-state index is 0.711. The van der Waals surface area contributed by atoms with E-state index in [0.29, 0.717) is 13.1 Å². The quantitative estimate of drug-likeness (QED) is 0.369. The van der Waals surface area contributed by atoms with Crippen molar-refractivity contribution in [2.24, 2.45) is 0 Å². The van der Waals surface area contributed by atoms with Gasteiger partial charge in [0.15, 0.2) is 0 Å². The predicted molar refractivity (Wildman–Crippen MR) is 32.8 cm³/mol. The zero-order valence-corrected chi connectivity index (χ0v) is 5.32. The summed E-state index contributed by atoms with van der Waals surface area (Å²) in [4.78, 5) is 0. The third kappa shape index (κ3) is 1.70. The Kier molecular flexibility index (Phi) is 2.15. The molecule has 0 aromatic rings. The number of rotatable bonds is 0. The Balaban J connectivity index is 2.39. The van der Waals surface area contributed by atoms with Crippen LogP contribution in [-0.2, 0) is 4.57 Å². The fourth-order valence-electron chi connectivity index (χ4n) is 0.494. The van der Waals surface area contributed by atoms with E-state index in [1.54, 1.807) is 0 Å². The molecule has 0 fully saturated rings. The van der Waals surface area contributed by atoms with Crippen LogP contribution in [0.3, 0.4) is 0 Å². The Labute approximate surface area is 49.1 Å². The van der Waals surface area contributed by atoms with E-state index in [-0.39, 0.29) is 0 Å². The molecule has 8 heavy (non-hydrogen) atoms. The molecule has 0 amide bonds. The Bertz CT molecular complexity index is 111. The number of nitrogens with one attached hydrogen (secondary N) is 2. The maximum atomic E-state index is 10.6. The normalized spacial score (nSPS) is 20.8. The molecule has 0 aliphatic carbocycles. The van der Waals surface area contributed by atoms with E-state index in [0.717, 1.165) is 0 Å². The predicted octanol–water partition coefficient (Wildman–Crippen LogP) is 0.393. The second kappa shape index (κ2) is 2.92. The molecule has 0 bridgehead atoms. The van der Waals surface area contributed by atoms with Gasteiger partial charge in [-0.05, 0) is 4.57 Å². The van der Waals surface area contributed by atoms with Crippen molar-refractivity contribution in [3.63, 3.8) is 0 Å². The summed E-state index contributed by atoms with van der Waals surface area (Å²) in [7, 11) is -1.33. The average molecular weight is 131 g/mol. The molecule has 0 atom stereocenters. The van der Waals surface area contributed by atoms with Gasteiger partial charge in [-0.15, -0.1) is 0 Å². The van der Waals surface area contributed by atoms with Crippen molar-refractivity contribution < 1.29 is 4.57 Å². The Hall–Kier alpha value is -0.240. The molecule has 1 rings (SSSR count). The van der Waals surface area contributed by atoms with Crippen LogP contribution < -0.4 is 10.2 Å². The summed E-state index contributed by atoms with van der Waals surface area (Å²) < 4.78 is 10.6. The largest absolute Gasteiger partial charge is 0.532 e. The molecular weight excluding hydrogens is 123 g/mol. The highest BCUT2D eigenvalue weighted by Crippen LogP contribution is 2.06. The van der Waals surface area contributed by atoms with E-state index >= 15 is 0 Å². The molecule has 4 heteroatoms. The fraction of sp³-hybridized carbons (Fsp3) is 0.500. The summed E-state index contributed by atoms with van der Waals surface area (Å²) >= 11 is 0. The lowest BCUT2D eigenvalue weighted by molar-refractivity contribution is 0.575. The first-order valence-electron chi connectivity index (χ1n) is 2.49. The van der Waals surface area contributed by atoms with Crippen LogP contribution in [0.5, 0.6) is 0 Å². The highest BCUT2D eigenvalue weighted by Gasteiger charge is 2.12. The highest BCUT2D eigenvalue weighted by atomic mass is 31.1. The van der Waals surface area contributed by atoms with Crippen molar-refractivity contribution >= 4 is 8.10 Å². The molecular formula is C4H8N2OP+. The van der Waals surface area contributed by atoms with Crippen LogP contribution in [0, 0.1) is 0 Å². The van der Waals surface area contributed by atoms with Gasteiger partial charge in [-0.25, -0.2) is 0 Å². The van der Waals surface area contributed by atoms with E-state index in [4.69, 9.17) is 0 Å². The third-order valence-electron chi connectivity index (χ3n) is 0.872. The monoisotopic (exact) mass is 131 g/mol. The molecule has 2 N–H and O–H groups in total. The first-order chi connectivity index (χ1) is 3.89. The van der Waals surface area contributed by atoms with Crippen molar-refractivity contribution in [1.29, 1.82) is 0 Å². The molecule has 0 aromatic heterocycles. The summed E-state index contributed by atoms with van der Waals surface area (Å²) in [5.41, 5.74) is 0. The van der Waals surface area contributed by atoms with Gasteiger partial charge in [-0.2, -0.15) is 0 Å². The molecule has 0 saturated heterocycles. The standard InChI is InChI=1S/C4H8N2OP/c7-8-5-3-1-2-4-6-8/h1-2H,3-4H2,(H2,5,6,7)/q+1. The zero-order valence-electron chi connectivity index (χ0n) is 4.42. The lowest BCUT2D eigenvalue weighted by Crippen LogP contribution is -2.09. The maximum absolute atomic E-state index is 10.6. The van der Waals surface area contributed by atoms with Crippen molar-refractivity contribution in [3.05, 3.63) is 12.2 Å². The van der Waals surface area contributed by atoms with E-state index in [2.05, 4.69) is 10.2 Å². The van der Waals surface area contributed by atoms with E-state index in [9.17, 15) is 4.57 Å². The molecule has 0 radical (unpaired) electrons. The van der Waals surface area contributed by atoms with Crippen LogP contribution in [0.25, 0.3) is 0 Å². The number of hydrogen-bond acceptors (Lipinski definition) is 1. The smallest absolute Gasteiger partial charge is 0.0877 e. The molecule has 44 valence electrons. The molecule has 0 unspecified atom stereocenters. The molecule has 0 saturated carbocycles. The minimum Gasteiger partial charge on any atom is -0.0877 e. The maximum Gasteiger partial charge on any atom is 0.532 e. The molecule has 0 aromatic carbocycles. The Morgan fingerprint density at radius 2 is 1.75 bits per heavy atom. The Morgan fingerprint density at radius 1 is 1.25 bits per heavy atom. The van der Waals surface area contributed by atoms with Crippen molar-refractivity contribution in [2.75, 3.05) is 13.1 Å². The topological polar surface area (TPSA) is 41.1 Å². The second-order valence-corrected chi connectivity index (χ2v) is 2.71. The zero-order chi connectivity index (χ0) is 5.82. The summed E-state index contributed by atoms with van der Waals surface area (Å²) in [6, 6.07) is 0. The van der Waals surface area contributed by atoms with Crippen molar-refractivity contribution in [1.82, 2.24) is 10.2 Å². The van der Waals surface area contributed by atoms with Crippen LogP contribution in [-0.4, -0.2) is 13.1 Å². The SMILES string of the molecule is O=[P+]1NCC=CCN1. The van der Waals surface area contributed by atoms with Gasteiger partial charge >= 0.3 is 8.10 Å². The summed E-state index contributed by atoms with van der Waals surface area (Å²) in [5.74, 6) is 0. The fourth-order valence-corrected chi connectivity index (χ4v) is 1.15. The summed E-state index contributed by atoms with van der Waals surface area (Å²) in [6.07, 6.45) is 3.90. The molecule has 1 aliphatic rings. The van der Waals surface area contributed by atoms with Gasteiger partial charge in [0.1, 0.15) is 0 Å². The second-order valence-electron chi connectivity index (χ2n) is 1.49. The average Bonchev–Trinajstić information content (AvgIpc) is 1.94. The summed E-state index contributed by atoms with van der Waals surface area (Å²) in [5, 5.41) is 5.51. The lowest BCUT2D eigenvalue weighted by atomic mass is 10.5. The first kappa shape index (κ1) is 5.89.